The first-order valence-corrected chi connectivity index (χ1v) is 5.28. The lowest BCUT2D eigenvalue weighted by atomic mass is 9.82. The standard InChI is InChI=1S/C9H17Cl2N/c1-9(12(2)3)5-4-7(10)8(11)6-9/h7-8H,4-6H2,1-3H3. The van der Waals surface area contributed by atoms with Crippen LogP contribution in [0.15, 0.2) is 0 Å². The third kappa shape index (κ3) is 2.07. The van der Waals surface area contributed by atoms with Crippen molar-refractivity contribution < 1.29 is 0 Å². The largest absolute Gasteiger partial charge is 0.304 e. The van der Waals surface area contributed by atoms with Crippen LogP contribution in [0, 0.1) is 0 Å². The van der Waals surface area contributed by atoms with Crippen molar-refractivity contribution in [2.24, 2.45) is 0 Å². The van der Waals surface area contributed by atoms with Crippen molar-refractivity contribution in [2.75, 3.05) is 14.1 Å². The molecule has 0 aromatic heterocycles. The van der Waals surface area contributed by atoms with Crippen molar-refractivity contribution in [1.29, 1.82) is 0 Å². The highest BCUT2D eigenvalue weighted by Gasteiger charge is 2.37. The van der Waals surface area contributed by atoms with Gasteiger partial charge in [0.05, 0.1) is 10.8 Å². The van der Waals surface area contributed by atoms with E-state index in [1.807, 2.05) is 0 Å². The second-order valence-electron chi connectivity index (χ2n) is 4.17. The molecule has 0 amide bonds. The van der Waals surface area contributed by atoms with Gasteiger partial charge in [-0.25, -0.2) is 0 Å². The Morgan fingerprint density at radius 1 is 1.25 bits per heavy atom. The fourth-order valence-corrected chi connectivity index (χ4v) is 2.34. The molecule has 0 spiro atoms. The Bertz CT molecular complexity index is 161. The SMILES string of the molecule is CN(C)C1(C)CCC(Cl)C(Cl)C1. The molecule has 0 N–H and O–H groups in total. The summed E-state index contributed by atoms with van der Waals surface area (Å²) in [5.41, 5.74) is 0.248. The lowest BCUT2D eigenvalue weighted by Gasteiger charge is -2.43. The van der Waals surface area contributed by atoms with Gasteiger partial charge in [-0.2, -0.15) is 0 Å². The second kappa shape index (κ2) is 3.73. The maximum absolute atomic E-state index is 6.14. The number of hydrogen-bond donors (Lipinski definition) is 0. The lowest BCUT2D eigenvalue weighted by Crippen LogP contribution is -2.48. The molecule has 72 valence electrons. The first kappa shape index (κ1) is 10.6. The van der Waals surface area contributed by atoms with Gasteiger partial charge in [-0.3, -0.25) is 0 Å². The first-order chi connectivity index (χ1) is 5.46. The minimum atomic E-state index is 0.132. The van der Waals surface area contributed by atoms with Gasteiger partial charge in [-0.05, 0) is 40.3 Å². The van der Waals surface area contributed by atoms with Gasteiger partial charge in [0.1, 0.15) is 0 Å². The Balaban J connectivity index is 2.60. The number of hydrogen-bond acceptors (Lipinski definition) is 1. The molecule has 12 heavy (non-hydrogen) atoms. The summed E-state index contributed by atoms with van der Waals surface area (Å²) in [5.74, 6) is 0. The zero-order chi connectivity index (χ0) is 9.35. The summed E-state index contributed by atoms with van der Waals surface area (Å²) in [4.78, 5) is 2.26. The second-order valence-corrected chi connectivity index (χ2v) is 5.29. The van der Waals surface area contributed by atoms with Crippen LogP contribution in [0.1, 0.15) is 26.2 Å². The van der Waals surface area contributed by atoms with E-state index in [4.69, 9.17) is 23.2 Å². The molecule has 3 heteroatoms. The average molecular weight is 210 g/mol. The monoisotopic (exact) mass is 209 g/mol. The van der Waals surface area contributed by atoms with Gasteiger partial charge >= 0.3 is 0 Å². The summed E-state index contributed by atoms with van der Waals surface area (Å²) in [5, 5.41) is 0.299. The van der Waals surface area contributed by atoms with Crippen LogP contribution in [-0.2, 0) is 0 Å². The van der Waals surface area contributed by atoms with Crippen LogP contribution in [0.3, 0.4) is 0 Å². The highest BCUT2D eigenvalue weighted by Crippen LogP contribution is 2.36. The van der Waals surface area contributed by atoms with Crippen LogP contribution in [0.25, 0.3) is 0 Å². The number of halogens is 2. The van der Waals surface area contributed by atoms with E-state index in [-0.39, 0.29) is 16.3 Å². The minimum absolute atomic E-state index is 0.132. The van der Waals surface area contributed by atoms with Crippen LogP contribution in [0.5, 0.6) is 0 Å². The molecule has 0 bridgehead atoms. The van der Waals surface area contributed by atoms with E-state index in [2.05, 4.69) is 25.9 Å². The van der Waals surface area contributed by atoms with E-state index in [1.165, 1.54) is 0 Å². The minimum Gasteiger partial charge on any atom is -0.304 e. The first-order valence-electron chi connectivity index (χ1n) is 4.41. The Hall–Kier alpha value is 0.540. The van der Waals surface area contributed by atoms with Gasteiger partial charge in [0.25, 0.3) is 0 Å². The molecular weight excluding hydrogens is 193 g/mol. The normalized spacial score (nSPS) is 43.5. The van der Waals surface area contributed by atoms with Crippen LogP contribution in [0.4, 0.5) is 0 Å². The number of nitrogens with zero attached hydrogens (tertiary/aromatic N) is 1. The topological polar surface area (TPSA) is 3.24 Å². The van der Waals surface area contributed by atoms with E-state index >= 15 is 0 Å². The zero-order valence-corrected chi connectivity index (χ0v) is 9.49. The highest BCUT2D eigenvalue weighted by atomic mass is 35.5. The number of rotatable bonds is 1. The third-order valence-corrected chi connectivity index (χ3v) is 4.18. The fraction of sp³-hybridized carbons (Fsp3) is 1.00. The molecule has 1 aliphatic carbocycles. The summed E-state index contributed by atoms with van der Waals surface area (Å²) in [6.07, 6.45) is 3.18. The van der Waals surface area contributed by atoms with Crippen molar-refractivity contribution in [1.82, 2.24) is 4.90 Å². The van der Waals surface area contributed by atoms with Crippen molar-refractivity contribution in [3.63, 3.8) is 0 Å². The van der Waals surface area contributed by atoms with Crippen LogP contribution in [-0.4, -0.2) is 35.3 Å². The fourth-order valence-electron chi connectivity index (χ4n) is 1.69. The molecule has 0 saturated heterocycles. The lowest BCUT2D eigenvalue weighted by molar-refractivity contribution is 0.124. The third-order valence-electron chi connectivity index (χ3n) is 3.07. The van der Waals surface area contributed by atoms with Crippen molar-refractivity contribution in [2.45, 2.75) is 42.5 Å². The van der Waals surface area contributed by atoms with Gasteiger partial charge in [0.2, 0.25) is 0 Å². The van der Waals surface area contributed by atoms with Gasteiger partial charge in [-0.1, -0.05) is 0 Å². The van der Waals surface area contributed by atoms with E-state index < -0.39 is 0 Å². The highest BCUT2D eigenvalue weighted by molar-refractivity contribution is 6.30. The molecule has 0 aromatic carbocycles. The maximum atomic E-state index is 6.14. The predicted octanol–water partition coefficient (Wildman–Crippen LogP) is 2.71. The summed E-state index contributed by atoms with van der Waals surface area (Å²) >= 11 is 12.2. The molecule has 3 atom stereocenters. The molecule has 0 aromatic rings. The summed E-state index contributed by atoms with van der Waals surface area (Å²) in [7, 11) is 4.22. The molecule has 1 fully saturated rings. The van der Waals surface area contributed by atoms with Crippen LogP contribution in [0.2, 0.25) is 0 Å². The molecule has 0 radical (unpaired) electrons. The zero-order valence-electron chi connectivity index (χ0n) is 7.98. The predicted molar refractivity (Wildman–Crippen MR) is 55.2 cm³/mol. The molecule has 1 aliphatic rings. The Morgan fingerprint density at radius 3 is 2.25 bits per heavy atom. The number of alkyl halides is 2. The summed E-state index contributed by atoms with van der Waals surface area (Å²) in [6, 6.07) is 0. The van der Waals surface area contributed by atoms with Gasteiger partial charge < -0.3 is 4.90 Å². The molecule has 0 aliphatic heterocycles. The smallest absolute Gasteiger partial charge is 0.0517 e. The van der Waals surface area contributed by atoms with Gasteiger partial charge in [0.15, 0.2) is 0 Å². The van der Waals surface area contributed by atoms with E-state index in [1.54, 1.807) is 0 Å². The van der Waals surface area contributed by atoms with Gasteiger partial charge in [-0.15, -0.1) is 23.2 Å². The summed E-state index contributed by atoms with van der Waals surface area (Å²) < 4.78 is 0. The molecule has 1 rings (SSSR count). The van der Waals surface area contributed by atoms with Gasteiger partial charge in [0, 0.05) is 5.54 Å². The quantitative estimate of drug-likeness (QED) is 0.601. The molecule has 1 saturated carbocycles. The maximum Gasteiger partial charge on any atom is 0.0517 e. The van der Waals surface area contributed by atoms with Crippen LogP contribution >= 0.6 is 23.2 Å². The summed E-state index contributed by atoms with van der Waals surface area (Å²) in [6.45, 7) is 2.26. The van der Waals surface area contributed by atoms with E-state index in [9.17, 15) is 0 Å². The van der Waals surface area contributed by atoms with Crippen molar-refractivity contribution in [3.05, 3.63) is 0 Å². The van der Waals surface area contributed by atoms with E-state index in [0.29, 0.717) is 0 Å². The molecule has 3 unspecified atom stereocenters. The molecule has 0 heterocycles. The Kier molecular flexibility index (Phi) is 3.30. The Morgan fingerprint density at radius 2 is 1.83 bits per heavy atom. The Labute approximate surface area is 85.0 Å². The van der Waals surface area contributed by atoms with E-state index in [0.717, 1.165) is 19.3 Å². The molecular formula is C9H17Cl2N. The average Bonchev–Trinajstić information content (AvgIpc) is 1.97. The van der Waals surface area contributed by atoms with Crippen molar-refractivity contribution in [3.8, 4) is 0 Å². The van der Waals surface area contributed by atoms with Crippen molar-refractivity contribution >= 4 is 23.2 Å². The molecule has 1 nitrogen and oxygen atoms in total. The van der Waals surface area contributed by atoms with Crippen LogP contribution < -0.4 is 0 Å².